The summed E-state index contributed by atoms with van der Waals surface area (Å²) in [6.07, 6.45) is -7.11. The molecule has 6 rings (SSSR count). The summed E-state index contributed by atoms with van der Waals surface area (Å²) in [7, 11) is -9.81. The second-order valence-electron chi connectivity index (χ2n) is 11.0. The lowest BCUT2D eigenvalue weighted by molar-refractivity contribution is -0.138. The third-order valence-corrected chi connectivity index (χ3v) is 11.9. The van der Waals surface area contributed by atoms with Gasteiger partial charge in [0.1, 0.15) is 23.2 Å². The second-order valence-corrected chi connectivity index (χ2v) is 14.8. The average Bonchev–Trinajstić information content (AvgIpc) is 3.55. The van der Waals surface area contributed by atoms with E-state index in [9.17, 15) is 43.2 Å². The van der Waals surface area contributed by atoms with E-state index in [-0.39, 0.29) is 35.4 Å². The molecule has 0 bridgehead atoms. The highest BCUT2D eigenvalue weighted by Gasteiger charge is 2.42. The van der Waals surface area contributed by atoms with Crippen molar-refractivity contribution in [3.63, 3.8) is 0 Å². The van der Waals surface area contributed by atoms with E-state index in [1.807, 2.05) is 0 Å². The van der Waals surface area contributed by atoms with Gasteiger partial charge >= 0.3 is 12.4 Å². The van der Waals surface area contributed by atoms with Gasteiger partial charge in [0.25, 0.3) is 20.0 Å². The Morgan fingerprint density at radius 1 is 0.860 bits per heavy atom. The molecule has 0 fully saturated rings. The van der Waals surface area contributed by atoms with E-state index in [2.05, 4.69) is 20.3 Å². The molecule has 0 saturated heterocycles. The fourth-order valence-electron chi connectivity index (χ4n) is 5.46. The van der Waals surface area contributed by atoms with Crippen molar-refractivity contribution in [2.45, 2.75) is 29.1 Å². The molecule has 50 heavy (non-hydrogen) atoms. The molecule has 0 spiro atoms. The lowest BCUT2D eigenvalue weighted by Gasteiger charge is -2.29. The van der Waals surface area contributed by atoms with Crippen LogP contribution in [0.5, 0.6) is 0 Å². The molecular weight excluding hydrogens is 717 g/mol. The first-order valence-corrected chi connectivity index (χ1v) is 17.3. The maximum absolute atomic E-state index is 16.0. The van der Waals surface area contributed by atoms with Crippen LogP contribution in [0.15, 0.2) is 81.6 Å². The van der Waals surface area contributed by atoms with Crippen molar-refractivity contribution in [2.75, 3.05) is 34.1 Å². The van der Waals surface area contributed by atoms with Crippen LogP contribution in [-0.2, 0) is 32.4 Å². The van der Waals surface area contributed by atoms with Crippen molar-refractivity contribution in [1.29, 1.82) is 0 Å². The van der Waals surface area contributed by atoms with Gasteiger partial charge in [-0.15, -0.1) is 0 Å². The topological polar surface area (TPSA) is 125 Å². The number of nitrogens with zero attached hydrogens (tertiary/aromatic N) is 5. The van der Waals surface area contributed by atoms with Gasteiger partial charge in [-0.1, -0.05) is 12.1 Å². The van der Waals surface area contributed by atoms with E-state index in [0.717, 1.165) is 12.1 Å². The van der Waals surface area contributed by atoms with E-state index < -0.39 is 68.5 Å². The molecule has 10 nitrogen and oxygen atoms in total. The lowest BCUT2D eigenvalue weighted by Crippen LogP contribution is -2.38. The van der Waals surface area contributed by atoms with Gasteiger partial charge in [-0.05, 0) is 72.7 Å². The highest BCUT2D eigenvalue weighted by Crippen LogP contribution is 2.41. The van der Waals surface area contributed by atoms with Gasteiger partial charge < -0.3 is 10.2 Å². The molecule has 0 aliphatic carbocycles. The van der Waals surface area contributed by atoms with Gasteiger partial charge in [-0.25, -0.2) is 26.2 Å². The monoisotopic (exact) mass is 740 g/mol. The quantitative estimate of drug-likeness (QED) is 0.217. The molecule has 4 aromatic rings. The minimum absolute atomic E-state index is 0.0545. The summed E-state index contributed by atoms with van der Waals surface area (Å²) in [5.74, 6) is -0.388. The van der Waals surface area contributed by atoms with Gasteiger partial charge in [-0.2, -0.15) is 35.0 Å². The highest BCUT2D eigenvalue weighted by molar-refractivity contribution is 8.10. The van der Waals surface area contributed by atoms with Gasteiger partial charge in [-0.3, -0.25) is 4.99 Å². The molecule has 19 heteroatoms. The van der Waals surface area contributed by atoms with Crippen molar-refractivity contribution in [3.8, 4) is 0 Å². The third kappa shape index (κ3) is 6.03. The number of hydrogen-bond donors (Lipinski definition) is 1. The van der Waals surface area contributed by atoms with E-state index in [0.29, 0.717) is 66.1 Å². The Morgan fingerprint density at radius 3 is 1.98 bits per heavy atom. The van der Waals surface area contributed by atoms with Crippen LogP contribution in [0.1, 0.15) is 27.8 Å². The maximum Gasteiger partial charge on any atom is 0.416 e. The molecule has 1 aromatic heterocycles. The number of sulfonamides is 2. The Labute approximate surface area is 280 Å². The number of rotatable bonds is 7. The van der Waals surface area contributed by atoms with E-state index in [4.69, 9.17) is 0 Å². The van der Waals surface area contributed by atoms with E-state index in [1.54, 1.807) is 18.0 Å². The molecule has 2 aliphatic rings. The third-order valence-electron chi connectivity index (χ3n) is 7.79. The minimum Gasteiger partial charge on any atom is -0.357 e. The molecule has 0 saturated carbocycles. The number of aromatic nitrogens is 2. The Morgan fingerprint density at radius 2 is 1.44 bits per heavy atom. The number of anilines is 3. The first-order chi connectivity index (χ1) is 23.3. The number of benzene rings is 3. The maximum atomic E-state index is 16.0. The SMILES string of the molecule is CNc1ncc2c(n1)N1CCN=C1C(c1cc(N(S(=O)(=O)c3cccc(C(F)(F)F)c3)S(=O)(=O)c3cccc(C(F)(F)F)c3)c(F)cc1C)=C2. The standard InChI is InChI=1S/C31H23F7N6O4S2/c1-17-11-25(32)26(15-23(17)24-12-18-16-41-29(39-2)42-27(18)43-10-9-40-28(24)43)44(49(45,46)21-7-3-5-19(13-21)30(33,34)35)50(47,48)22-8-4-6-20(14-22)31(36,37)38/h3-8,11-16H,9-10H2,1-2H3,(H,39,41,42). The normalized spacial score (nSPS) is 14.9. The Balaban J connectivity index is 1.61. The van der Waals surface area contributed by atoms with Crippen molar-refractivity contribution in [3.05, 3.63) is 100 Å². The Kier molecular flexibility index (Phi) is 8.41. The van der Waals surface area contributed by atoms with Gasteiger partial charge in [0.15, 0.2) is 0 Å². The molecule has 0 radical (unpaired) electrons. The molecule has 0 atom stereocenters. The summed E-state index contributed by atoms with van der Waals surface area (Å²) in [6.45, 7) is 2.08. The fraction of sp³-hybridized carbons (Fsp3) is 0.194. The number of fused-ring (bicyclic) bond motifs is 3. The predicted molar refractivity (Wildman–Crippen MR) is 170 cm³/mol. The Hall–Kier alpha value is -5.04. The summed E-state index contributed by atoms with van der Waals surface area (Å²) in [5.41, 5.74) is -3.20. The summed E-state index contributed by atoms with van der Waals surface area (Å²) in [5, 5.41) is 2.82. The number of aryl methyl sites for hydroxylation is 1. The molecule has 1 N–H and O–H groups in total. The smallest absolute Gasteiger partial charge is 0.357 e. The summed E-state index contributed by atoms with van der Waals surface area (Å²) in [4.78, 5) is 12.4. The lowest BCUT2D eigenvalue weighted by atomic mass is 9.94. The molecule has 0 amide bonds. The van der Waals surface area contributed by atoms with Gasteiger partial charge in [0.05, 0.1) is 27.5 Å². The second kappa shape index (κ2) is 12.1. The fourth-order valence-corrected chi connectivity index (χ4v) is 9.24. The molecular formula is C31H23F7N6O4S2. The summed E-state index contributed by atoms with van der Waals surface area (Å²) >= 11 is 0. The molecule has 2 aliphatic heterocycles. The molecule has 262 valence electrons. The van der Waals surface area contributed by atoms with Crippen LogP contribution >= 0.6 is 0 Å². The van der Waals surface area contributed by atoms with Crippen LogP contribution in [-0.4, -0.2) is 52.8 Å². The van der Waals surface area contributed by atoms with Gasteiger partial charge in [0.2, 0.25) is 5.95 Å². The van der Waals surface area contributed by atoms with E-state index >= 15 is 4.39 Å². The van der Waals surface area contributed by atoms with Crippen LogP contribution in [0, 0.1) is 12.7 Å². The zero-order chi connectivity index (χ0) is 36.4. The van der Waals surface area contributed by atoms with Crippen LogP contribution < -0.4 is 13.9 Å². The van der Waals surface area contributed by atoms with Crippen molar-refractivity contribution >= 4 is 55.0 Å². The Bertz CT molecular complexity index is 2240. The van der Waals surface area contributed by atoms with Crippen LogP contribution in [0.4, 0.5) is 48.2 Å². The van der Waals surface area contributed by atoms with Crippen molar-refractivity contribution < 1.29 is 47.6 Å². The number of amidine groups is 1. The van der Waals surface area contributed by atoms with Gasteiger partial charge in [0, 0.05) is 30.9 Å². The zero-order valence-electron chi connectivity index (χ0n) is 25.7. The van der Waals surface area contributed by atoms with Crippen LogP contribution in [0.3, 0.4) is 0 Å². The summed E-state index contributed by atoms with van der Waals surface area (Å²) in [6, 6.07) is 5.68. The molecule has 3 aromatic carbocycles. The molecule has 0 unspecified atom stereocenters. The largest absolute Gasteiger partial charge is 0.416 e. The molecule has 3 heterocycles. The zero-order valence-corrected chi connectivity index (χ0v) is 27.3. The van der Waals surface area contributed by atoms with Crippen LogP contribution in [0.2, 0.25) is 0 Å². The number of halogens is 7. The van der Waals surface area contributed by atoms with Crippen molar-refractivity contribution in [2.24, 2.45) is 4.99 Å². The first kappa shape index (κ1) is 34.8. The van der Waals surface area contributed by atoms with Crippen LogP contribution in [0.25, 0.3) is 11.6 Å². The number of alkyl halides is 6. The highest BCUT2D eigenvalue weighted by atomic mass is 32.3. The average molecular weight is 741 g/mol. The predicted octanol–water partition coefficient (Wildman–Crippen LogP) is 6.36. The minimum atomic E-state index is -5.71. The number of nitrogens with one attached hydrogen (secondary N) is 1. The van der Waals surface area contributed by atoms with E-state index in [1.165, 1.54) is 13.1 Å². The number of aliphatic imine (C=N–C) groups is 1. The first-order valence-electron chi connectivity index (χ1n) is 14.4. The summed E-state index contributed by atoms with van der Waals surface area (Å²) < 4.78 is 154. The number of hydrogen-bond acceptors (Lipinski definition) is 9. The van der Waals surface area contributed by atoms with Crippen molar-refractivity contribution in [1.82, 2.24) is 9.97 Å².